The SMILES string of the molecule is CC1=C(c2ccccc2)CN=NC(c2ccccc2)=C1. The quantitative estimate of drug-likeness (QED) is 0.728. The van der Waals surface area contributed by atoms with Crippen molar-refractivity contribution in [3.63, 3.8) is 0 Å². The van der Waals surface area contributed by atoms with Gasteiger partial charge in [0.1, 0.15) is 0 Å². The largest absolute Gasteiger partial charge is 0.184 e. The average molecular weight is 260 g/mol. The van der Waals surface area contributed by atoms with Crippen molar-refractivity contribution in [1.29, 1.82) is 0 Å². The van der Waals surface area contributed by atoms with Crippen molar-refractivity contribution in [2.24, 2.45) is 10.2 Å². The second-order valence-corrected chi connectivity index (χ2v) is 4.82. The highest BCUT2D eigenvalue weighted by Crippen LogP contribution is 2.27. The van der Waals surface area contributed by atoms with E-state index < -0.39 is 0 Å². The molecule has 1 aliphatic heterocycles. The Morgan fingerprint density at radius 3 is 2.05 bits per heavy atom. The lowest BCUT2D eigenvalue weighted by molar-refractivity contribution is 1.09. The fourth-order valence-electron chi connectivity index (χ4n) is 2.34. The molecule has 0 N–H and O–H groups in total. The number of allylic oxidation sites excluding steroid dienone is 2. The number of hydrogen-bond acceptors (Lipinski definition) is 2. The fraction of sp³-hybridized carbons (Fsp3) is 0.111. The first kappa shape index (κ1) is 12.5. The molecule has 0 unspecified atom stereocenters. The molecule has 98 valence electrons. The average Bonchev–Trinajstić information content (AvgIpc) is 2.71. The Kier molecular flexibility index (Phi) is 3.55. The van der Waals surface area contributed by atoms with Gasteiger partial charge in [-0.25, -0.2) is 0 Å². The van der Waals surface area contributed by atoms with Gasteiger partial charge in [-0.15, -0.1) is 0 Å². The minimum atomic E-state index is 0.628. The smallest absolute Gasteiger partial charge is 0.0927 e. The Morgan fingerprint density at radius 2 is 1.40 bits per heavy atom. The highest BCUT2D eigenvalue weighted by molar-refractivity contribution is 5.77. The predicted octanol–water partition coefficient (Wildman–Crippen LogP) is 4.97. The highest BCUT2D eigenvalue weighted by Gasteiger charge is 2.09. The molecular weight excluding hydrogens is 244 g/mol. The predicted molar refractivity (Wildman–Crippen MR) is 83.2 cm³/mol. The minimum absolute atomic E-state index is 0.628. The van der Waals surface area contributed by atoms with Crippen molar-refractivity contribution in [3.8, 4) is 0 Å². The summed E-state index contributed by atoms with van der Waals surface area (Å²) < 4.78 is 0. The maximum atomic E-state index is 4.36. The van der Waals surface area contributed by atoms with Gasteiger partial charge in [0, 0.05) is 5.56 Å². The van der Waals surface area contributed by atoms with Crippen LogP contribution in [-0.2, 0) is 0 Å². The van der Waals surface area contributed by atoms with Crippen LogP contribution >= 0.6 is 0 Å². The van der Waals surface area contributed by atoms with Crippen LogP contribution in [0.5, 0.6) is 0 Å². The number of nitrogens with zero attached hydrogens (tertiary/aromatic N) is 2. The van der Waals surface area contributed by atoms with Gasteiger partial charge < -0.3 is 0 Å². The van der Waals surface area contributed by atoms with Crippen LogP contribution in [0, 0.1) is 0 Å². The van der Waals surface area contributed by atoms with Crippen molar-refractivity contribution in [2.45, 2.75) is 6.92 Å². The van der Waals surface area contributed by atoms with E-state index in [2.05, 4.69) is 59.6 Å². The number of rotatable bonds is 2. The third-order valence-electron chi connectivity index (χ3n) is 3.43. The first-order valence-corrected chi connectivity index (χ1v) is 6.74. The summed E-state index contributed by atoms with van der Waals surface area (Å²) >= 11 is 0. The highest BCUT2D eigenvalue weighted by atomic mass is 15.1. The number of hydrogen-bond donors (Lipinski definition) is 0. The Balaban J connectivity index is 2.04. The molecular formula is C18H16N2. The summed E-state index contributed by atoms with van der Waals surface area (Å²) in [6.07, 6.45) is 2.12. The lowest BCUT2D eigenvalue weighted by Crippen LogP contribution is -1.90. The van der Waals surface area contributed by atoms with Gasteiger partial charge in [0.15, 0.2) is 0 Å². The molecule has 3 rings (SSSR count). The summed E-state index contributed by atoms with van der Waals surface area (Å²) in [7, 11) is 0. The van der Waals surface area contributed by atoms with Crippen LogP contribution in [0.2, 0.25) is 0 Å². The van der Waals surface area contributed by atoms with Gasteiger partial charge in [0.05, 0.1) is 12.2 Å². The fourth-order valence-corrected chi connectivity index (χ4v) is 2.34. The molecule has 2 aromatic carbocycles. The van der Waals surface area contributed by atoms with Crippen molar-refractivity contribution >= 4 is 11.3 Å². The Hall–Kier alpha value is -2.48. The number of azo groups is 1. The zero-order valence-electron chi connectivity index (χ0n) is 11.5. The second-order valence-electron chi connectivity index (χ2n) is 4.82. The van der Waals surface area contributed by atoms with Crippen molar-refractivity contribution in [1.82, 2.24) is 0 Å². The molecule has 0 fully saturated rings. The normalized spacial score (nSPS) is 14.9. The van der Waals surface area contributed by atoms with E-state index in [-0.39, 0.29) is 0 Å². The molecule has 0 saturated carbocycles. The van der Waals surface area contributed by atoms with E-state index in [4.69, 9.17) is 0 Å². The van der Waals surface area contributed by atoms with Crippen molar-refractivity contribution < 1.29 is 0 Å². The summed E-state index contributed by atoms with van der Waals surface area (Å²) in [6.45, 7) is 2.75. The zero-order chi connectivity index (χ0) is 13.8. The molecule has 0 spiro atoms. The molecule has 0 amide bonds. The van der Waals surface area contributed by atoms with Gasteiger partial charge in [0.25, 0.3) is 0 Å². The number of benzene rings is 2. The lowest BCUT2D eigenvalue weighted by Gasteiger charge is -2.06. The molecule has 1 aliphatic rings. The van der Waals surface area contributed by atoms with E-state index >= 15 is 0 Å². The molecule has 0 saturated heterocycles. The molecule has 2 aromatic rings. The van der Waals surface area contributed by atoms with Crippen LogP contribution in [-0.4, -0.2) is 6.54 Å². The van der Waals surface area contributed by atoms with E-state index in [9.17, 15) is 0 Å². The van der Waals surface area contributed by atoms with Gasteiger partial charge in [-0.1, -0.05) is 60.7 Å². The molecule has 2 nitrogen and oxygen atoms in total. The minimum Gasteiger partial charge on any atom is -0.184 e. The molecule has 0 bridgehead atoms. The zero-order valence-corrected chi connectivity index (χ0v) is 11.5. The summed E-state index contributed by atoms with van der Waals surface area (Å²) in [5.41, 5.74) is 5.70. The van der Waals surface area contributed by atoms with E-state index in [0.717, 1.165) is 11.3 Å². The van der Waals surface area contributed by atoms with E-state index in [1.165, 1.54) is 16.7 Å². The van der Waals surface area contributed by atoms with Gasteiger partial charge in [-0.3, -0.25) is 0 Å². The molecule has 0 atom stereocenters. The van der Waals surface area contributed by atoms with Crippen LogP contribution in [0.15, 0.2) is 82.5 Å². The first-order valence-electron chi connectivity index (χ1n) is 6.74. The lowest BCUT2D eigenvalue weighted by atomic mass is 9.99. The topological polar surface area (TPSA) is 24.7 Å². The monoisotopic (exact) mass is 260 g/mol. The third-order valence-corrected chi connectivity index (χ3v) is 3.43. The first-order chi connectivity index (χ1) is 9.84. The second kappa shape index (κ2) is 5.66. The Labute approximate surface area is 119 Å². The van der Waals surface area contributed by atoms with Gasteiger partial charge in [0.2, 0.25) is 0 Å². The third kappa shape index (κ3) is 2.59. The van der Waals surface area contributed by atoms with E-state index in [1.807, 2.05) is 24.3 Å². The van der Waals surface area contributed by atoms with Crippen LogP contribution in [0.1, 0.15) is 18.1 Å². The summed E-state index contributed by atoms with van der Waals surface area (Å²) in [5, 5.41) is 8.70. The maximum absolute atomic E-state index is 4.36. The van der Waals surface area contributed by atoms with Gasteiger partial charge in [-0.2, -0.15) is 10.2 Å². The van der Waals surface area contributed by atoms with Crippen LogP contribution in [0.25, 0.3) is 11.3 Å². The van der Waals surface area contributed by atoms with Crippen LogP contribution in [0.3, 0.4) is 0 Å². The van der Waals surface area contributed by atoms with E-state index in [1.54, 1.807) is 0 Å². The molecule has 0 aromatic heterocycles. The van der Waals surface area contributed by atoms with Gasteiger partial charge >= 0.3 is 0 Å². The van der Waals surface area contributed by atoms with Crippen LogP contribution < -0.4 is 0 Å². The molecule has 20 heavy (non-hydrogen) atoms. The molecule has 0 aliphatic carbocycles. The summed E-state index contributed by atoms with van der Waals surface area (Å²) in [5.74, 6) is 0. The molecule has 2 heteroatoms. The maximum Gasteiger partial charge on any atom is 0.0927 e. The Morgan fingerprint density at radius 1 is 0.800 bits per heavy atom. The molecule has 0 radical (unpaired) electrons. The summed E-state index contributed by atoms with van der Waals surface area (Å²) in [4.78, 5) is 0. The molecule has 1 heterocycles. The summed E-state index contributed by atoms with van der Waals surface area (Å²) in [6, 6.07) is 20.6. The Bertz CT molecular complexity index is 680. The van der Waals surface area contributed by atoms with Crippen LogP contribution in [0.4, 0.5) is 0 Å². The van der Waals surface area contributed by atoms with Crippen molar-refractivity contribution in [2.75, 3.05) is 6.54 Å². The van der Waals surface area contributed by atoms with Gasteiger partial charge in [-0.05, 0) is 29.7 Å². The van der Waals surface area contributed by atoms with E-state index in [0.29, 0.717) is 6.54 Å². The standard InChI is InChI=1S/C18H16N2/c1-14-12-18(16-10-6-3-7-11-16)20-19-13-17(14)15-8-4-2-5-9-15/h2-12H,13H2,1H3. The van der Waals surface area contributed by atoms with Crippen molar-refractivity contribution in [3.05, 3.63) is 83.4 Å².